The summed E-state index contributed by atoms with van der Waals surface area (Å²) in [5.74, 6) is 0.0273. The van der Waals surface area contributed by atoms with E-state index in [2.05, 4.69) is 14.8 Å². The molecule has 178 valence electrons. The van der Waals surface area contributed by atoms with Crippen LogP contribution in [-0.4, -0.2) is 70.8 Å². The van der Waals surface area contributed by atoms with Gasteiger partial charge in [0.15, 0.2) is 0 Å². The second-order valence-electron chi connectivity index (χ2n) is 9.38. The molecule has 5 rings (SSSR count). The van der Waals surface area contributed by atoms with Crippen molar-refractivity contribution in [1.29, 1.82) is 0 Å². The van der Waals surface area contributed by atoms with Crippen molar-refractivity contribution in [2.45, 2.75) is 37.0 Å². The lowest BCUT2D eigenvalue weighted by molar-refractivity contribution is 0.0720. The maximum Gasteiger partial charge on any atom is 0.239 e. The molecule has 7 nitrogen and oxygen atoms in total. The van der Waals surface area contributed by atoms with E-state index in [9.17, 15) is 8.42 Å². The van der Waals surface area contributed by atoms with E-state index in [-0.39, 0.29) is 11.3 Å². The Balaban J connectivity index is 1.42. The van der Waals surface area contributed by atoms with E-state index in [0.29, 0.717) is 5.02 Å². The Morgan fingerprint density at radius 1 is 1.15 bits per heavy atom. The van der Waals surface area contributed by atoms with Gasteiger partial charge < -0.3 is 9.64 Å². The molecule has 2 saturated heterocycles. The number of likely N-dealkylation sites (tertiary alicyclic amines) is 1. The summed E-state index contributed by atoms with van der Waals surface area (Å²) in [7, 11) is 0.0963. The molecule has 33 heavy (non-hydrogen) atoms. The molecule has 2 fully saturated rings. The van der Waals surface area contributed by atoms with Crippen LogP contribution in [0.4, 0.5) is 11.4 Å². The van der Waals surface area contributed by atoms with Gasteiger partial charge in [0.2, 0.25) is 10.0 Å². The fraction of sp³-hybridized carbons (Fsp3) is 0.542. The number of hydrogen-bond donors (Lipinski definition) is 0. The van der Waals surface area contributed by atoms with Crippen LogP contribution in [0.1, 0.15) is 31.2 Å². The lowest BCUT2D eigenvalue weighted by Gasteiger charge is -2.46. The highest BCUT2D eigenvalue weighted by Gasteiger charge is 2.43. The van der Waals surface area contributed by atoms with Gasteiger partial charge in [0.1, 0.15) is 0 Å². The summed E-state index contributed by atoms with van der Waals surface area (Å²) in [6, 6.07) is 5.83. The number of piperidine rings is 1. The third-order valence-electron chi connectivity index (χ3n) is 7.67. The first-order valence-electron chi connectivity index (χ1n) is 11.6. The summed E-state index contributed by atoms with van der Waals surface area (Å²) < 4.78 is 31.4. The number of ether oxygens (including phenoxy) is 1. The molecule has 1 aromatic carbocycles. The van der Waals surface area contributed by atoms with Crippen molar-refractivity contribution in [3.63, 3.8) is 0 Å². The molecule has 3 aliphatic heterocycles. The van der Waals surface area contributed by atoms with Crippen molar-refractivity contribution in [1.82, 2.24) is 9.88 Å². The van der Waals surface area contributed by atoms with Gasteiger partial charge in [0, 0.05) is 57.3 Å². The smallest absolute Gasteiger partial charge is 0.239 e. The second kappa shape index (κ2) is 8.73. The predicted octanol–water partition coefficient (Wildman–Crippen LogP) is 3.76. The van der Waals surface area contributed by atoms with E-state index in [4.69, 9.17) is 16.3 Å². The number of nitrogens with zero attached hydrogens (tertiary/aromatic N) is 4. The van der Waals surface area contributed by atoms with Crippen molar-refractivity contribution in [3.8, 4) is 11.1 Å². The predicted molar refractivity (Wildman–Crippen MR) is 133 cm³/mol. The monoisotopic (exact) mass is 490 g/mol. The highest BCUT2D eigenvalue weighted by molar-refractivity contribution is 7.92. The van der Waals surface area contributed by atoms with Crippen molar-refractivity contribution >= 4 is 33.0 Å². The lowest BCUT2D eigenvalue weighted by Crippen LogP contribution is -2.53. The van der Waals surface area contributed by atoms with E-state index < -0.39 is 10.0 Å². The number of pyridine rings is 1. The molecule has 0 unspecified atom stereocenters. The Hall–Kier alpha value is -1.87. The molecule has 3 aliphatic rings. The fourth-order valence-electron chi connectivity index (χ4n) is 5.84. The molecule has 0 aliphatic carbocycles. The SMILES string of the molecule is COCCN1CCCC12CCN(c1c(Cl)cncc1-c1ccc3c(c1)CS(=O)(=O)N3C)CC2. The molecule has 0 amide bonds. The van der Waals surface area contributed by atoms with E-state index in [1.165, 1.54) is 17.1 Å². The molecule has 1 aromatic heterocycles. The Morgan fingerprint density at radius 3 is 2.70 bits per heavy atom. The third-order valence-corrected chi connectivity index (χ3v) is 9.66. The molecule has 4 heterocycles. The topological polar surface area (TPSA) is 66.0 Å². The van der Waals surface area contributed by atoms with Gasteiger partial charge in [-0.1, -0.05) is 17.7 Å². The summed E-state index contributed by atoms with van der Waals surface area (Å²) in [6.45, 7) is 4.78. The van der Waals surface area contributed by atoms with Crippen molar-refractivity contribution in [2.75, 3.05) is 56.1 Å². The summed E-state index contributed by atoms with van der Waals surface area (Å²) in [4.78, 5) is 9.37. The van der Waals surface area contributed by atoms with Crippen LogP contribution < -0.4 is 9.21 Å². The molecule has 9 heteroatoms. The minimum atomic E-state index is -3.28. The van der Waals surface area contributed by atoms with Crippen LogP contribution in [0.3, 0.4) is 0 Å². The molecule has 0 N–H and O–H groups in total. The van der Waals surface area contributed by atoms with Gasteiger partial charge in [-0.15, -0.1) is 0 Å². The first kappa shape index (κ1) is 22.9. The number of hydrogen-bond acceptors (Lipinski definition) is 6. The first-order chi connectivity index (χ1) is 15.8. The summed E-state index contributed by atoms with van der Waals surface area (Å²) >= 11 is 6.71. The highest BCUT2D eigenvalue weighted by atomic mass is 35.5. The average molecular weight is 491 g/mol. The zero-order valence-electron chi connectivity index (χ0n) is 19.3. The Morgan fingerprint density at radius 2 is 1.94 bits per heavy atom. The maximum atomic E-state index is 12.3. The number of benzene rings is 1. The van der Waals surface area contributed by atoms with Crippen LogP contribution in [0.25, 0.3) is 11.1 Å². The van der Waals surface area contributed by atoms with Gasteiger partial charge in [-0.05, 0) is 55.5 Å². The number of methoxy groups -OCH3 is 1. The maximum absolute atomic E-state index is 12.3. The van der Waals surface area contributed by atoms with E-state index >= 15 is 0 Å². The van der Waals surface area contributed by atoms with E-state index in [0.717, 1.165) is 73.7 Å². The van der Waals surface area contributed by atoms with Gasteiger partial charge in [-0.2, -0.15) is 0 Å². The zero-order valence-corrected chi connectivity index (χ0v) is 20.8. The normalized spacial score (nSPS) is 21.7. The van der Waals surface area contributed by atoms with E-state index in [1.54, 1.807) is 20.4 Å². The van der Waals surface area contributed by atoms with Crippen LogP contribution in [-0.2, 0) is 20.5 Å². The molecule has 0 radical (unpaired) electrons. The van der Waals surface area contributed by atoms with Gasteiger partial charge >= 0.3 is 0 Å². The van der Waals surface area contributed by atoms with Crippen molar-refractivity contribution in [2.24, 2.45) is 0 Å². The standard InChI is InChI=1S/C24H31ClN4O3S/c1-27-22-5-4-18(14-19(22)17-33(27,30)31)20-15-26-16-21(25)23(20)28-10-7-24(8-11-28)6-3-9-29(24)12-13-32-2/h4-5,14-16H,3,6-13,17H2,1-2H3. The number of aromatic nitrogens is 1. The molecule has 0 bridgehead atoms. The zero-order chi connectivity index (χ0) is 23.2. The Labute approximate surface area is 201 Å². The molecular weight excluding hydrogens is 460 g/mol. The van der Waals surface area contributed by atoms with Crippen LogP contribution in [0, 0.1) is 0 Å². The molecule has 0 saturated carbocycles. The molecule has 2 aromatic rings. The van der Waals surface area contributed by atoms with Crippen molar-refractivity contribution in [3.05, 3.63) is 41.2 Å². The van der Waals surface area contributed by atoms with Crippen molar-refractivity contribution < 1.29 is 13.2 Å². The molecular formula is C24H31ClN4O3S. The number of anilines is 2. The fourth-order valence-corrected chi connectivity index (χ4v) is 7.41. The lowest BCUT2D eigenvalue weighted by atomic mass is 9.84. The van der Waals surface area contributed by atoms with Crippen LogP contribution in [0.15, 0.2) is 30.6 Å². The highest BCUT2D eigenvalue weighted by Crippen LogP contribution is 2.44. The summed E-state index contributed by atoms with van der Waals surface area (Å²) in [6.07, 6.45) is 8.24. The number of fused-ring (bicyclic) bond motifs is 1. The van der Waals surface area contributed by atoms with Gasteiger partial charge in [-0.3, -0.25) is 14.2 Å². The number of rotatable bonds is 5. The number of halogens is 1. The number of sulfonamides is 1. The average Bonchev–Trinajstić information content (AvgIpc) is 3.29. The Kier molecular flexibility index (Phi) is 6.05. The van der Waals surface area contributed by atoms with Gasteiger partial charge in [0.05, 0.1) is 28.8 Å². The minimum absolute atomic E-state index is 0.0273. The minimum Gasteiger partial charge on any atom is -0.383 e. The van der Waals surface area contributed by atoms with Gasteiger partial charge in [-0.25, -0.2) is 8.42 Å². The molecule has 0 atom stereocenters. The summed E-state index contributed by atoms with van der Waals surface area (Å²) in [5.41, 5.74) is 4.73. The molecule has 1 spiro atoms. The van der Waals surface area contributed by atoms with E-state index in [1.807, 2.05) is 24.4 Å². The van der Waals surface area contributed by atoms with Crippen LogP contribution in [0.2, 0.25) is 5.02 Å². The first-order valence-corrected chi connectivity index (χ1v) is 13.6. The third kappa shape index (κ3) is 4.01. The largest absolute Gasteiger partial charge is 0.383 e. The summed E-state index contributed by atoms with van der Waals surface area (Å²) in [5, 5.41) is 0.636. The Bertz CT molecular complexity index is 1150. The van der Waals surface area contributed by atoms with Crippen LogP contribution >= 0.6 is 11.6 Å². The second-order valence-corrected chi connectivity index (χ2v) is 11.8. The van der Waals surface area contributed by atoms with Crippen LogP contribution in [0.5, 0.6) is 0 Å². The van der Waals surface area contributed by atoms with Gasteiger partial charge in [0.25, 0.3) is 0 Å². The quantitative estimate of drug-likeness (QED) is 0.635.